The van der Waals surface area contributed by atoms with Crippen LogP contribution < -0.4 is 0 Å². The van der Waals surface area contributed by atoms with Crippen molar-refractivity contribution in [2.75, 3.05) is 0 Å². The molecule has 0 aromatic carbocycles. The van der Waals surface area contributed by atoms with Gasteiger partial charge in [0.05, 0.1) is 0 Å². The minimum absolute atomic E-state index is 0.0317. The van der Waals surface area contributed by atoms with E-state index in [4.69, 9.17) is 4.52 Å². The highest BCUT2D eigenvalue weighted by Gasteiger charge is 2.24. The molecule has 1 fully saturated rings. The van der Waals surface area contributed by atoms with Gasteiger partial charge in [-0.25, -0.2) is 9.97 Å². The van der Waals surface area contributed by atoms with Crippen molar-refractivity contribution < 1.29 is 9.32 Å². The highest BCUT2D eigenvalue weighted by atomic mass is 16.5. The molecule has 0 bridgehead atoms. The van der Waals surface area contributed by atoms with E-state index in [1.54, 1.807) is 12.3 Å². The third kappa shape index (κ3) is 2.74. The van der Waals surface area contributed by atoms with Gasteiger partial charge in [0.15, 0.2) is 0 Å². The first-order valence-electron chi connectivity index (χ1n) is 6.87. The molecule has 104 valence electrons. The third-order valence-corrected chi connectivity index (χ3v) is 3.58. The number of rotatable bonds is 3. The minimum Gasteiger partial charge on any atom is -0.339 e. The van der Waals surface area contributed by atoms with E-state index in [9.17, 15) is 4.79 Å². The van der Waals surface area contributed by atoms with Crippen molar-refractivity contribution in [3.05, 3.63) is 24.0 Å². The molecule has 0 saturated heterocycles. The predicted octanol–water partition coefficient (Wildman–Crippen LogP) is 2.14. The van der Waals surface area contributed by atoms with Gasteiger partial charge in [0.25, 0.3) is 0 Å². The average Bonchev–Trinajstić information content (AvgIpc) is 2.90. The van der Waals surface area contributed by atoms with Crippen LogP contribution >= 0.6 is 0 Å². The van der Waals surface area contributed by atoms with Crippen LogP contribution in [0.15, 0.2) is 16.8 Å². The van der Waals surface area contributed by atoms with E-state index in [-0.39, 0.29) is 5.92 Å². The summed E-state index contributed by atoms with van der Waals surface area (Å²) in [5.74, 6) is 1.97. The SMILES string of the molecule is Cc1nccc(-c2noc(CC3CCCCC3=O)n2)n1. The average molecular weight is 272 g/mol. The van der Waals surface area contributed by atoms with Gasteiger partial charge in [0.2, 0.25) is 11.7 Å². The fraction of sp³-hybridized carbons (Fsp3) is 0.500. The molecule has 1 unspecified atom stereocenters. The quantitative estimate of drug-likeness (QED) is 0.851. The maximum absolute atomic E-state index is 11.8. The molecular weight excluding hydrogens is 256 g/mol. The van der Waals surface area contributed by atoms with Crippen molar-refractivity contribution in [2.24, 2.45) is 5.92 Å². The minimum atomic E-state index is 0.0317. The zero-order valence-corrected chi connectivity index (χ0v) is 11.4. The Kier molecular flexibility index (Phi) is 3.54. The van der Waals surface area contributed by atoms with Crippen LogP contribution in [0.1, 0.15) is 37.4 Å². The van der Waals surface area contributed by atoms with Gasteiger partial charge in [0, 0.05) is 25.0 Å². The number of aryl methyl sites for hydroxylation is 1. The predicted molar refractivity (Wildman–Crippen MR) is 70.7 cm³/mol. The summed E-state index contributed by atoms with van der Waals surface area (Å²) >= 11 is 0. The van der Waals surface area contributed by atoms with E-state index in [1.807, 2.05) is 6.92 Å². The molecule has 6 heteroatoms. The Morgan fingerprint density at radius 2 is 2.25 bits per heavy atom. The zero-order valence-electron chi connectivity index (χ0n) is 11.4. The lowest BCUT2D eigenvalue weighted by molar-refractivity contribution is -0.124. The molecule has 2 aromatic heterocycles. The van der Waals surface area contributed by atoms with Gasteiger partial charge in [-0.05, 0) is 25.8 Å². The summed E-state index contributed by atoms with van der Waals surface area (Å²) in [5.41, 5.74) is 0.641. The molecule has 6 nitrogen and oxygen atoms in total. The maximum Gasteiger partial charge on any atom is 0.227 e. The zero-order chi connectivity index (χ0) is 13.9. The monoisotopic (exact) mass is 272 g/mol. The van der Waals surface area contributed by atoms with E-state index in [0.29, 0.717) is 41.9 Å². The summed E-state index contributed by atoms with van der Waals surface area (Å²) in [4.78, 5) is 24.4. The molecule has 1 atom stereocenters. The number of carbonyl (C=O) groups is 1. The first-order chi connectivity index (χ1) is 9.72. The van der Waals surface area contributed by atoms with Crippen LogP contribution in [0.3, 0.4) is 0 Å². The molecule has 0 radical (unpaired) electrons. The summed E-state index contributed by atoms with van der Waals surface area (Å²) in [5, 5.41) is 3.93. The van der Waals surface area contributed by atoms with Gasteiger partial charge in [0.1, 0.15) is 17.3 Å². The Hall–Kier alpha value is -2.11. The summed E-state index contributed by atoms with van der Waals surface area (Å²) < 4.78 is 5.24. The van der Waals surface area contributed by atoms with Gasteiger partial charge >= 0.3 is 0 Å². The number of ketones is 1. The van der Waals surface area contributed by atoms with Gasteiger partial charge in [-0.1, -0.05) is 11.6 Å². The Bertz CT molecular complexity index is 623. The molecule has 0 spiro atoms. The van der Waals surface area contributed by atoms with Crippen LogP contribution in [0.25, 0.3) is 11.5 Å². The molecule has 3 rings (SSSR count). The molecule has 0 N–H and O–H groups in total. The number of aromatic nitrogens is 4. The van der Waals surface area contributed by atoms with Gasteiger partial charge in [-0.15, -0.1) is 0 Å². The second-order valence-electron chi connectivity index (χ2n) is 5.11. The lowest BCUT2D eigenvalue weighted by Crippen LogP contribution is -2.21. The maximum atomic E-state index is 11.8. The van der Waals surface area contributed by atoms with Crippen molar-refractivity contribution >= 4 is 5.78 Å². The molecule has 2 aromatic rings. The Labute approximate surface area is 116 Å². The molecule has 1 aliphatic rings. The smallest absolute Gasteiger partial charge is 0.227 e. The normalized spacial score (nSPS) is 19.2. The Morgan fingerprint density at radius 1 is 1.35 bits per heavy atom. The number of carbonyl (C=O) groups excluding carboxylic acids is 1. The Balaban J connectivity index is 1.75. The van der Waals surface area contributed by atoms with Crippen LogP contribution in [-0.2, 0) is 11.2 Å². The summed E-state index contributed by atoms with van der Waals surface area (Å²) in [6, 6.07) is 1.74. The summed E-state index contributed by atoms with van der Waals surface area (Å²) in [6.45, 7) is 1.81. The largest absolute Gasteiger partial charge is 0.339 e. The number of hydrogen-bond donors (Lipinski definition) is 0. The summed E-state index contributed by atoms with van der Waals surface area (Å²) in [7, 11) is 0. The standard InChI is InChI=1S/C14H16N4O2/c1-9-15-7-6-11(16-9)14-17-13(20-18-14)8-10-4-2-3-5-12(10)19/h6-7,10H,2-5,8H2,1H3. The van der Waals surface area contributed by atoms with E-state index in [2.05, 4.69) is 20.1 Å². The van der Waals surface area contributed by atoms with Crippen LogP contribution in [0.2, 0.25) is 0 Å². The van der Waals surface area contributed by atoms with E-state index in [0.717, 1.165) is 19.3 Å². The van der Waals surface area contributed by atoms with Crippen molar-refractivity contribution in [1.82, 2.24) is 20.1 Å². The second kappa shape index (κ2) is 5.48. The molecule has 1 aliphatic carbocycles. The highest BCUT2D eigenvalue weighted by Crippen LogP contribution is 2.24. The molecule has 1 saturated carbocycles. The first kappa shape index (κ1) is 12.9. The molecule has 20 heavy (non-hydrogen) atoms. The van der Waals surface area contributed by atoms with Crippen molar-refractivity contribution in [3.8, 4) is 11.5 Å². The molecule has 0 aliphatic heterocycles. The van der Waals surface area contributed by atoms with E-state index < -0.39 is 0 Å². The van der Waals surface area contributed by atoms with Crippen molar-refractivity contribution in [1.29, 1.82) is 0 Å². The fourth-order valence-electron chi connectivity index (χ4n) is 2.50. The highest BCUT2D eigenvalue weighted by molar-refractivity contribution is 5.81. The van der Waals surface area contributed by atoms with Crippen LogP contribution in [-0.4, -0.2) is 25.9 Å². The van der Waals surface area contributed by atoms with Gasteiger partial charge in [-0.3, -0.25) is 4.79 Å². The third-order valence-electron chi connectivity index (χ3n) is 3.58. The number of Topliss-reactive ketones (excluding diaryl/α,β-unsaturated/α-hetero) is 1. The second-order valence-corrected chi connectivity index (χ2v) is 5.11. The Morgan fingerprint density at radius 3 is 3.05 bits per heavy atom. The van der Waals surface area contributed by atoms with Crippen LogP contribution in [0, 0.1) is 12.8 Å². The molecule has 0 amide bonds. The van der Waals surface area contributed by atoms with Crippen molar-refractivity contribution in [3.63, 3.8) is 0 Å². The van der Waals surface area contributed by atoms with Crippen LogP contribution in [0.5, 0.6) is 0 Å². The van der Waals surface area contributed by atoms with Gasteiger partial charge in [-0.2, -0.15) is 4.98 Å². The van der Waals surface area contributed by atoms with Crippen LogP contribution in [0.4, 0.5) is 0 Å². The van der Waals surface area contributed by atoms with Crippen molar-refractivity contribution in [2.45, 2.75) is 39.0 Å². The lowest BCUT2D eigenvalue weighted by Gasteiger charge is -2.18. The number of nitrogens with zero attached hydrogens (tertiary/aromatic N) is 4. The van der Waals surface area contributed by atoms with E-state index in [1.165, 1.54) is 0 Å². The lowest BCUT2D eigenvalue weighted by atomic mass is 9.86. The molecule has 2 heterocycles. The van der Waals surface area contributed by atoms with E-state index >= 15 is 0 Å². The van der Waals surface area contributed by atoms with Gasteiger partial charge < -0.3 is 4.52 Å². The summed E-state index contributed by atoms with van der Waals surface area (Å²) in [6.07, 6.45) is 5.90. The topological polar surface area (TPSA) is 81.8 Å². The first-order valence-corrected chi connectivity index (χ1v) is 6.87. The molecular formula is C14H16N4O2. The number of hydrogen-bond acceptors (Lipinski definition) is 6. The fourth-order valence-corrected chi connectivity index (χ4v) is 2.50.